The van der Waals surface area contributed by atoms with Gasteiger partial charge in [-0.1, -0.05) is 0 Å². The lowest BCUT2D eigenvalue weighted by atomic mass is 9.98. The number of hydrogen-bond donors (Lipinski definition) is 1. The second kappa shape index (κ2) is 7.71. The van der Waals surface area contributed by atoms with Gasteiger partial charge in [-0.05, 0) is 49.9 Å². The molecular formula is C17H21FN2O5S. The minimum atomic E-state index is -3.71. The van der Waals surface area contributed by atoms with Crippen molar-refractivity contribution in [1.82, 2.24) is 9.62 Å². The summed E-state index contributed by atoms with van der Waals surface area (Å²) in [5, 5.41) is 2.73. The Morgan fingerprint density at radius 1 is 1.12 bits per heavy atom. The number of carbonyl (C=O) groups is 2. The number of benzene rings is 1. The van der Waals surface area contributed by atoms with E-state index in [0.717, 1.165) is 25.0 Å². The maximum Gasteiger partial charge on any atom is 0.309 e. The summed E-state index contributed by atoms with van der Waals surface area (Å²) in [5.74, 6) is -1.72. The molecule has 1 amide bonds. The van der Waals surface area contributed by atoms with Gasteiger partial charge in [0, 0.05) is 19.1 Å². The molecule has 2 aliphatic rings. The van der Waals surface area contributed by atoms with Gasteiger partial charge < -0.3 is 10.1 Å². The first kappa shape index (κ1) is 18.8. The topological polar surface area (TPSA) is 92.8 Å². The molecule has 1 aliphatic heterocycles. The number of ether oxygens (including phenoxy) is 1. The number of carbonyl (C=O) groups excluding carboxylic acids is 2. The normalized spacial score (nSPS) is 19.1. The van der Waals surface area contributed by atoms with Crippen LogP contribution in [0.3, 0.4) is 0 Å². The fourth-order valence-electron chi connectivity index (χ4n) is 2.84. The summed E-state index contributed by atoms with van der Waals surface area (Å²) in [6, 6.07) is 4.86. The summed E-state index contributed by atoms with van der Waals surface area (Å²) in [5.41, 5.74) is 0. The Morgan fingerprint density at radius 3 is 2.31 bits per heavy atom. The molecule has 142 valence electrons. The van der Waals surface area contributed by atoms with Crippen LogP contribution in [-0.4, -0.2) is 50.3 Å². The molecular weight excluding hydrogens is 363 g/mol. The second-order valence-corrected chi connectivity index (χ2v) is 8.52. The second-order valence-electron chi connectivity index (χ2n) is 6.58. The van der Waals surface area contributed by atoms with Crippen molar-refractivity contribution in [3.63, 3.8) is 0 Å². The van der Waals surface area contributed by atoms with Crippen molar-refractivity contribution in [3.8, 4) is 0 Å². The van der Waals surface area contributed by atoms with Crippen LogP contribution in [0.1, 0.15) is 25.7 Å². The van der Waals surface area contributed by atoms with E-state index >= 15 is 0 Å². The lowest BCUT2D eigenvalue weighted by Gasteiger charge is -2.30. The lowest BCUT2D eigenvalue weighted by molar-refractivity contribution is -0.153. The SMILES string of the molecule is O=C(COC(=O)C1CCN(S(=O)(=O)c2ccc(F)cc2)CC1)NC1CC1. The third-order valence-corrected chi connectivity index (χ3v) is 6.44. The highest BCUT2D eigenvalue weighted by molar-refractivity contribution is 7.89. The fraction of sp³-hybridized carbons (Fsp3) is 0.529. The number of halogens is 1. The third kappa shape index (κ3) is 4.59. The zero-order valence-corrected chi connectivity index (χ0v) is 15.0. The fourth-order valence-corrected chi connectivity index (χ4v) is 4.31. The first-order chi connectivity index (χ1) is 12.4. The molecule has 1 saturated carbocycles. The van der Waals surface area contributed by atoms with Crippen molar-refractivity contribution in [2.45, 2.75) is 36.6 Å². The molecule has 0 unspecified atom stereocenters. The number of rotatable bonds is 6. The Balaban J connectivity index is 1.49. The van der Waals surface area contributed by atoms with Crippen molar-refractivity contribution in [3.05, 3.63) is 30.1 Å². The highest BCUT2D eigenvalue weighted by Crippen LogP contribution is 2.25. The number of esters is 1. The van der Waals surface area contributed by atoms with E-state index in [9.17, 15) is 22.4 Å². The average Bonchev–Trinajstić information content (AvgIpc) is 3.44. The molecule has 1 heterocycles. The summed E-state index contributed by atoms with van der Waals surface area (Å²) in [4.78, 5) is 23.6. The van der Waals surface area contributed by atoms with Crippen LogP contribution in [0.5, 0.6) is 0 Å². The van der Waals surface area contributed by atoms with Crippen LogP contribution in [-0.2, 0) is 24.3 Å². The van der Waals surface area contributed by atoms with Crippen LogP contribution in [0.2, 0.25) is 0 Å². The van der Waals surface area contributed by atoms with E-state index in [1.54, 1.807) is 0 Å². The maximum absolute atomic E-state index is 13.0. The first-order valence-electron chi connectivity index (χ1n) is 8.58. The standard InChI is InChI=1S/C17H21FN2O5S/c18-13-1-5-15(6-2-13)26(23,24)20-9-7-12(8-10-20)17(22)25-11-16(21)19-14-3-4-14/h1-2,5-6,12,14H,3-4,7-11H2,(H,19,21). The van der Waals surface area contributed by atoms with E-state index < -0.39 is 27.7 Å². The quantitative estimate of drug-likeness (QED) is 0.740. The average molecular weight is 384 g/mol. The van der Waals surface area contributed by atoms with Gasteiger partial charge in [0.2, 0.25) is 10.0 Å². The van der Waals surface area contributed by atoms with Crippen LogP contribution in [0, 0.1) is 11.7 Å². The molecule has 1 N–H and O–H groups in total. The Labute approximate surface area is 151 Å². The molecule has 0 radical (unpaired) electrons. The number of nitrogens with zero attached hydrogens (tertiary/aromatic N) is 1. The molecule has 0 aromatic heterocycles. The predicted molar refractivity (Wildman–Crippen MR) is 90.0 cm³/mol. The van der Waals surface area contributed by atoms with Crippen LogP contribution < -0.4 is 5.32 Å². The van der Waals surface area contributed by atoms with Gasteiger partial charge in [-0.25, -0.2) is 12.8 Å². The minimum absolute atomic E-state index is 0.0247. The van der Waals surface area contributed by atoms with Gasteiger partial charge in [-0.2, -0.15) is 4.31 Å². The summed E-state index contributed by atoms with van der Waals surface area (Å²) >= 11 is 0. The van der Waals surface area contributed by atoms with E-state index in [0.29, 0.717) is 12.8 Å². The number of sulfonamides is 1. The van der Waals surface area contributed by atoms with Gasteiger partial charge in [0.05, 0.1) is 10.8 Å². The molecule has 3 rings (SSSR count). The Bertz CT molecular complexity index is 769. The van der Waals surface area contributed by atoms with Crippen LogP contribution in [0.25, 0.3) is 0 Å². The van der Waals surface area contributed by atoms with E-state index in [-0.39, 0.29) is 36.5 Å². The molecule has 26 heavy (non-hydrogen) atoms. The summed E-state index contributed by atoms with van der Waals surface area (Å²) in [6.07, 6.45) is 2.56. The smallest absolute Gasteiger partial charge is 0.309 e. The summed E-state index contributed by atoms with van der Waals surface area (Å²) in [6.45, 7) is 0.0465. The number of nitrogens with one attached hydrogen (secondary N) is 1. The van der Waals surface area contributed by atoms with E-state index in [4.69, 9.17) is 4.74 Å². The molecule has 0 bridgehead atoms. The van der Waals surface area contributed by atoms with Crippen molar-refractivity contribution < 1.29 is 27.1 Å². The van der Waals surface area contributed by atoms with Gasteiger partial charge in [0.15, 0.2) is 6.61 Å². The van der Waals surface area contributed by atoms with Gasteiger partial charge >= 0.3 is 5.97 Å². The molecule has 7 nitrogen and oxygen atoms in total. The monoisotopic (exact) mass is 384 g/mol. The Hall–Kier alpha value is -2.00. The van der Waals surface area contributed by atoms with Crippen molar-refractivity contribution in [2.75, 3.05) is 19.7 Å². The molecule has 0 spiro atoms. The molecule has 9 heteroatoms. The number of piperidine rings is 1. The highest BCUT2D eigenvalue weighted by Gasteiger charge is 2.33. The van der Waals surface area contributed by atoms with E-state index in [1.807, 2.05) is 0 Å². The van der Waals surface area contributed by atoms with Crippen molar-refractivity contribution in [2.24, 2.45) is 5.92 Å². The first-order valence-corrected chi connectivity index (χ1v) is 10.0. The van der Waals surface area contributed by atoms with Crippen molar-refractivity contribution >= 4 is 21.9 Å². The van der Waals surface area contributed by atoms with Gasteiger partial charge in [0.25, 0.3) is 5.91 Å². The van der Waals surface area contributed by atoms with E-state index in [1.165, 1.54) is 16.4 Å². The largest absolute Gasteiger partial charge is 0.455 e. The number of hydrogen-bond acceptors (Lipinski definition) is 5. The highest BCUT2D eigenvalue weighted by atomic mass is 32.2. The molecule has 0 atom stereocenters. The molecule has 1 aromatic rings. The summed E-state index contributed by atoms with van der Waals surface area (Å²) < 4.78 is 44.3. The van der Waals surface area contributed by atoms with Crippen molar-refractivity contribution in [1.29, 1.82) is 0 Å². The van der Waals surface area contributed by atoms with Crippen LogP contribution in [0.4, 0.5) is 4.39 Å². The lowest BCUT2D eigenvalue weighted by Crippen LogP contribution is -2.41. The van der Waals surface area contributed by atoms with Crippen LogP contribution >= 0.6 is 0 Å². The number of amides is 1. The maximum atomic E-state index is 13.0. The molecule has 2 fully saturated rings. The van der Waals surface area contributed by atoms with E-state index in [2.05, 4.69) is 5.32 Å². The molecule has 1 aliphatic carbocycles. The Morgan fingerprint density at radius 2 is 1.73 bits per heavy atom. The molecule has 1 saturated heterocycles. The van der Waals surface area contributed by atoms with Gasteiger partial charge in [-0.3, -0.25) is 9.59 Å². The summed E-state index contributed by atoms with van der Waals surface area (Å²) in [7, 11) is -3.71. The van der Waals surface area contributed by atoms with Crippen LogP contribution in [0.15, 0.2) is 29.2 Å². The van der Waals surface area contributed by atoms with Gasteiger partial charge in [0.1, 0.15) is 5.82 Å². The zero-order valence-electron chi connectivity index (χ0n) is 14.2. The minimum Gasteiger partial charge on any atom is -0.455 e. The zero-order chi connectivity index (χ0) is 18.7. The predicted octanol–water partition coefficient (Wildman–Crippen LogP) is 1.05. The van der Waals surface area contributed by atoms with Gasteiger partial charge in [-0.15, -0.1) is 0 Å². The third-order valence-electron chi connectivity index (χ3n) is 4.53. The molecule has 1 aromatic carbocycles. The Kier molecular flexibility index (Phi) is 5.57.